The third kappa shape index (κ3) is 2.85. The second kappa shape index (κ2) is 5.97. The van der Waals surface area contributed by atoms with Gasteiger partial charge in [0, 0.05) is 12.7 Å². The molecule has 1 amide bonds. The van der Waals surface area contributed by atoms with Gasteiger partial charge in [-0.25, -0.2) is 0 Å². The van der Waals surface area contributed by atoms with E-state index in [9.17, 15) is 35.5 Å². The Morgan fingerprint density at radius 1 is 0.889 bits per heavy atom. The van der Waals surface area contributed by atoms with Crippen molar-refractivity contribution in [3.8, 4) is 11.1 Å². The molecule has 0 saturated carbocycles. The molecule has 0 saturated heterocycles. The number of rotatable bonds is 3. The highest BCUT2D eigenvalue weighted by Gasteiger charge is 2.76. The Bertz CT molecular complexity index is 905. The van der Waals surface area contributed by atoms with Gasteiger partial charge in [-0.15, -0.1) is 0 Å². The summed E-state index contributed by atoms with van der Waals surface area (Å²) in [5.74, 6) is -15.1. The zero-order valence-electron chi connectivity index (χ0n) is 13.7. The highest BCUT2D eigenvalue weighted by molar-refractivity contribution is 5.99. The fraction of sp³-hybridized carbons (Fsp3) is 0.278. The number of halogens is 7. The van der Waals surface area contributed by atoms with Gasteiger partial charge >= 0.3 is 23.9 Å². The van der Waals surface area contributed by atoms with E-state index in [1.54, 1.807) is 12.1 Å². The Kier molecular flexibility index (Phi) is 4.24. The van der Waals surface area contributed by atoms with Crippen LogP contribution in [0, 0.1) is 0 Å². The lowest BCUT2D eigenvalue weighted by Crippen LogP contribution is -2.59. The summed E-state index contributed by atoms with van der Waals surface area (Å²) < 4.78 is 90.4. The molecule has 0 fully saturated rings. The number of amides is 1. The number of fused-ring (bicyclic) bond motifs is 3. The van der Waals surface area contributed by atoms with Crippen molar-refractivity contribution >= 4 is 11.6 Å². The molecule has 2 aromatic carbocycles. The summed E-state index contributed by atoms with van der Waals surface area (Å²) in [5.41, 5.74) is 3.08. The minimum absolute atomic E-state index is 0.114. The van der Waals surface area contributed by atoms with E-state index in [-0.39, 0.29) is 10.6 Å². The quantitative estimate of drug-likeness (QED) is 0.572. The maximum atomic E-state index is 13.7. The molecule has 0 aliphatic heterocycles. The summed E-state index contributed by atoms with van der Waals surface area (Å²) in [6, 6.07) is 11.4. The molecule has 0 heterocycles. The van der Waals surface area contributed by atoms with Crippen LogP contribution in [0.1, 0.15) is 11.1 Å². The predicted molar refractivity (Wildman–Crippen MR) is 84.0 cm³/mol. The summed E-state index contributed by atoms with van der Waals surface area (Å²) in [6.45, 7) is 0. The smallest absolute Gasteiger partial charge is 0.310 e. The second-order valence-corrected chi connectivity index (χ2v) is 6.19. The highest BCUT2D eigenvalue weighted by Crippen LogP contribution is 2.47. The molecule has 0 unspecified atom stereocenters. The third-order valence-electron chi connectivity index (χ3n) is 4.49. The van der Waals surface area contributed by atoms with Gasteiger partial charge in [0.2, 0.25) is 0 Å². The molecule has 0 bridgehead atoms. The Morgan fingerprint density at radius 2 is 1.48 bits per heavy atom. The van der Waals surface area contributed by atoms with Gasteiger partial charge in [-0.1, -0.05) is 30.3 Å². The van der Waals surface area contributed by atoms with Crippen LogP contribution in [0.2, 0.25) is 0 Å². The van der Waals surface area contributed by atoms with E-state index in [1.807, 2.05) is 12.1 Å². The van der Waals surface area contributed by atoms with E-state index < -0.39 is 23.9 Å². The average Bonchev–Trinajstić information content (AvgIpc) is 2.96. The van der Waals surface area contributed by atoms with Gasteiger partial charge in [-0.3, -0.25) is 4.79 Å². The van der Waals surface area contributed by atoms with E-state index >= 15 is 0 Å². The SMILES string of the molecule is CN(C(=O)C(F)(F)C(F)(F)C(F)(F)F)c1ccc2c(c1)Cc1ccccc1-2. The van der Waals surface area contributed by atoms with Gasteiger partial charge in [0.05, 0.1) is 0 Å². The lowest BCUT2D eigenvalue weighted by molar-refractivity contribution is -0.343. The molecule has 0 radical (unpaired) electrons. The molecule has 1 aliphatic carbocycles. The summed E-state index contributed by atoms with van der Waals surface area (Å²) >= 11 is 0. The molecule has 144 valence electrons. The minimum Gasteiger partial charge on any atom is -0.310 e. The number of nitrogens with zero attached hydrogens (tertiary/aromatic N) is 1. The molecule has 0 N–H and O–H groups in total. The van der Waals surface area contributed by atoms with Gasteiger partial charge in [0.1, 0.15) is 0 Å². The van der Waals surface area contributed by atoms with Crippen LogP contribution < -0.4 is 4.90 Å². The van der Waals surface area contributed by atoms with Crippen molar-refractivity contribution in [1.82, 2.24) is 0 Å². The van der Waals surface area contributed by atoms with Crippen LogP contribution in [0.4, 0.5) is 36.4 Å². The maximum absolute atomic E-state index is 13.7. The predicted octanol–water partition coefficient (Wildman–Crippen LogP) is 5.05. The number of carbonyl (C=O) groups is 1. The topological polar surface area (TPSA) is 20.3 Å². The molecular formula is C18H12F7NO. The summed E-state index contributed by atoms with van der Waals surface area (Å²) in [7, 11) is 0.729. The van der Waals surface area contributed by atoms with Gasteiger partial charge in [-0.2, -0.15) is 30.7 Å². The van der Waals surface area contributed by atoms with E-state index in [0.717, 1.165) is 23.7 Å². The van der Waals surface area contributed by atoms with Crippen LogP contribution in [0.25, 0.3) is 11.1 Å². The van der Waals surface area contributed by atoms with Crippen LogP contribution in [-0.4, -0.2) is 31.0 Å². The minimum atomic E-state index is -6.56. The zero-order chi connectivity index (χ0) is 20.2. The van der Waals surface area contributed by atoms with Crippen molar-refractivity contribution in [1.29, 1.82) is 0 Å². The molecule has 2 aromatic rings. The first-order valence-corrected chi connectivity index (χ1v) is 7.69. The summed E-state index contributed by atoms with van der Waals surface area (Å²) in [6.07, 6.45) is -6.14. The maximum Gasteiger partial charge on any atom is 0.460 e. The van der Waals surface area contributed by atoms with Crippen molar-refractivity contribution in [2.75, 3.05) is 11.9 Å². The zero-order valence-corrected chi connectivity index (χ0v) is 13.7. The van der Waals surface area contributed by atoms with Crippen molar-refractivity contribution in [2.45, 2.75) is 24.4 Å². The summed E-state index contributed by atoms with van der Waals surface area (Å²) in [4.78, 5) is 11.9. The lowest BCUT2D eigenvalue weighted by atomic mass is 10.0. The van der Waals surface area contributed by atoms with E-state index in [2.05, 4.69) is 0 Å². The second-order valence-electron chi connectivity index (χ2n) is 6.19. The first-order chi connectivity index (χ1) is 12.4. The highest BCUT2D eigenvalue weighted by atomic mass is 19.4. The molecule has 0 atom stereocenters. The fourth-order valence-electron chi connectivity index (χ4n) is 2.98. The average molecular weight is 391 g/mol. The Balaban J connectivity index is 1.92. The number of hydrogen-bond acceptors (Lipinski definition) is 1. The standard InChI is InChI=1S/C18H12F7NO/c1-26(15(27)16(19,20)17(21,22)18(23,24)25)12-6-7-14-11(9-12)8-10-4-2-3-5-13(10)14/h2-7,9H,8H2,1H3. The number of anilines is 1. The fourth-order valence-corrected chi connectivity index (χ4v) is 2.98. The first kappa shape index (κ1) is 19.2. The molecule has 9 heteroatoms. The first-order valence-electron chi connectivity index (χ1n) is 7.69. The van der Waals surface area contributed by atoms with Gasteiger partial charge in [0.25, 0.3) is 0 Å². The van der Waals surface area contributed by atoms with Crippen LogP contribution in [0.3, 0.4) is 0 Å². The van der Waals surface area contributed by atoms with Crippen molar-refractivity contribution in [3.63, 3.8) is 0 Å². The summed E-state index contributed by atoms with van der Waals surface area (Å²) in [5, 5.41) is 0. The van der Waals surface area contributed by atoms with Crippen LogP contribution in [0.5, 0.6) is 0 Å². The van der Waals surface area contributed by atoms with Crippen molar-refractivity contribution < 1.29 is 35.5 Å². The number of benzene rings is 2. The third-order valence-corrected chi connectivity index (χ3v) is 4.49. The molecule has 0 spiro atoms. The largest absolute Gasteiger partial charge is 0.460 e. The van der Waals surface area contributed by atoms with Crippen LogP contribution in [0.15, 0.2) is 42.5 Å². The Hall–Kier alpha value is -2.58. The van der Waals surface area contributed by atoms with Crippen molar-refractivity contribution in [2.24, 2.45) is 0 Å². The van der Waals surface area contributed by atoms with E-state index in [1.165, 1.54) is 18.2 Å². The lowest BCUT2D eigenvalue weighted by Gasteiger charge is -2.30. The van der Waals surface area contributed by atoms with Crippen LogP contribution in [-0.2, 0) is 11.2 Å². The van der Waals surface area contributed by atoms with Crippen LogP contribution >= 0.6 is 0 Å². The van der Waals surface area contributed by atoms with E-state index in [0.29, 0.717) is 12.0 Å². The Morgan fingerprint density at radius 3 is 2.11 bits per heavy atom. The monoisotopic (exact) mass is 391 g/mol. The number of alkyl halides is 7. The molecule has 0 aromatic heterocycles. The number of carbonyl (C=O) groups excluding carboxylic acids is 1. The molecule has 1 aliphatic rings. The molecular weight excluding hydrogens is 379 g/mol. The Labute approximate surface area is 149 Å². The molecule has 2 nitrogen and oxygen atoms in total. The van der Waals surface area contributed by atoms with Crippen molar-refractivity contribution in [3.05, 3.63) is 53.6 Å². The molecule has 3 rings (SSSR count). The van der Waals surface area contributed by atoms with Gasteiger partial charge in [0.15, 0.2) is 0 Å². The van der Waals surface area contributed by atoms with E-state index in [4.69, 9.17) is 0 Å². The number of hydrogen-bond donors (Lipinski definition) is 0. The van der Waals surface area contributed by atoms with Gasteiger partial charge in [-0.05, 0) is 40.8 Å². The van der Waals surface area contributed by atoms with Gasteiger partial charge < -0.3 is 4.90 Å². The molecule has 27 heavy (non-hydrogen) atoms. The normalized spacial score (nSPS) is 13.9.